The van der Waals surface area contributed by atoms with E-state index < -0.39 is 0 Å². The Balaban J connectivity index is 1.88. The zero-order valence-corrected chi connectivity index (χ0v) is 9.56. The molecule has 2 aromatic rings. The Labute approximate surface area is 101 Å². The standard InChI is InChI=1S/C14H16N2O/c15-12-7-5-11(6-8-12)9-10-16-13-3-1-2-4-14(13)17/h1-8,16-17H,9-10,15H2. The Morgan fingerprint density at radius 3 is 2.41 bits per heavy atom. The SMILES string of the molecule is Nc1ccc(CCNc2ccccc2O)cc1. The summed E-state index contributed by atoms with van der Waals surface area (Å²) in [4.78, 5) is 0. The summed E-state index contributed by atoms with van der Waals surface area (Å²) < 4.78 is 0. The van der Waals surface area contributed by atoms with Crippen molar-refractivity contribution in [3.8, 4) is 5.75 Å². The first-order valence-electron chi connectivity index (χ1n) is 5.62. The van der Waals surface area contributed by atoms with Gasteiger partial charge in [0.2, 0.25) is 0 Å². The first kappa shape index (κ1) is 11.3. The van der Waals surface area contributed by atoms with Gasteiger partial charge < -0.3 is 16.2 Å². The first-order valence-corrected chi connectivity index (χ1v) is 5.62. The Morgan fingerprint density at radius 1 is 1.00 bits per heavy atom. The molecule has 0 aliphatic heterocycles. The monoisotopic (exact) mass is 228 g/mol. The molecule has 0 aliphatic carbocycles. The number of benzene rings is 2. The second-order valence-electron chi connectivity index (χ2n) is 3.94. The van der Waals surface area contributed by atoms with Crippen molar-refractivity contribution in [2.45, 2.75) is 6.42 Å². The molecular formula is C14H16N2O. The van der Waals surface area contributed by atoms with Crippen LogP contribution in [0.3, 0.4) is 0 Å². The topological polar surface area (TPSA) is 58.3 Å². The number of phenolic OH excluding ortho intramolecular Hbond substituents is 1. The van der Waals surface area contributed by atoms with E-state index in [0.29, 0.717) is 0 Å². The van der Waals surface area contributed by atoms with Gasteiger partial charge in [-0.05, 0) is 36.2 Å². The van der Waals surface area contributed by atoms with Crippen LogP contribution in [-0.2, 0) is 6.42 Å². The molecule has 0 heterocycles. The average Bonchev–Trinajstić information content (AvgIpc) is 2.34. The van der Waals surface area contributed by atoms with Crippen LogP contribution in [0.25, 0.3) is 0 Å². The molecule has 0 fully saturated rings. The fraction of sp³-hybridized carbons (Fsp3) is 0.143. The number of hydrogen-bond acceptors (Lipinski definition) is 3. The summed E-state index contributed by atoms with van der Waals surface area (Å²) in [5, 5.41) is 12.8. The number of nitrogen functional groups attached to an aromatic ring is 1. The van der Waals surface area contributed by atoms with Crippen molar-refractivity contribution in [2.24, 2.45) is 0 Å². The Morgan fingerprint density at radius 2 is 1.71 bits per heavy atom. The number of anilines is 2. The molecule has 3 heteroatoms. The molecule has 2 aromatic carbocycles. The number of aromatic hydroxyl groups is 1. The molecule has 0 radical (unpaired) electrons. The lowest BCUT2D eigenvalue weighted by atomic mass is 10.1. The number of phenols is 1. The normalized spacial score (nSPS) is 10.1. The third-order valence-corrected chi connectivity index (χ3v) is 2.61. The Kier molecular flexibility index (Phi) is 3.50. The van der Waals surface area contributed by atoms with Crippen LogP contribution in [0.5, 0.6) is 5.75 Å². The van der Waals surface area contributed by atoms with Gasteiger partial charge in [-0.3, -0.25) is 0 Å². The molecule has 0 amide bonds. The van der Waals surface area contributed by atoms with Crippen molar-refractivity contribution in [1.29, 1.82) is 0 Å². The predicted molar refractivity (Wildman–Crippen MR) is 71.2 cm³/mol. The van der Waals surface area contributed by atoms with Gasteiger partial charge in [-0.25, -0.2) is 0 Å². The average molecular weight is 228 g/mol. The lowest BCUT2D eigenvalue weighted by Crippen LogP contribution is -2.04. The minimum atomic E-state index is 0.282. The van der Waals surface area contributed by atoms with E-state index in [9.17, 15) is 5.11 Å². The summed E-state index contributed by atoms with van der Waals surface area (Å²) in [6.07, 6.45) is 0.897. The van der Waals surface area contributed by atoms with E-state index in [4.69, 9.17) is 5.73 Å². The van der Waals surface area contributed by atoms with Gasteiger partial charge in [0.05, 0.1) is 5.69 Å². The molecule has 0 aromatic heterocycles. The van der Waals surface area contributed by atoms with Crippen LogP contribution in [0.1, 0.15) is 5.56 Å². The van der Waals surface area contributed by atoms with Gasteiger partial charge in [0.1, 0.15) is 5.75 Å². The van der Waals surface area contributed by atoms with Gasteiger partial charge in [0.15, 0.2) is 0 Å². The van der Waals surface area contributed by atoms with Crippen LogP contribution in [0, 0.1) is 0 Å². The first-order chi connectivity index (χ1) is 8.25. The number of para-hydroxylation sites is 2. The lowest BCUT2D eigenvalue weighted by molar-refractivity contribution is 0.477. The van der Waals surface area contributed by atoms with E-state index in [0.717, 1.165) is 24.3 Å². The molecule has 0 saturated carbocycles. The van der Waals surface area contributed by atoms with E-state index in [-0.39, 0.29) is 5.75 Å². The Bertz CT molecular complexity index is 480. The molecule has 0 bridgehead atoms. The highest BCUT2D eigenvalue weighted by Gasteiger charge is 1.98. The highest BCUT2D eigenvalue weighted by Crippen LogP contribution is 2.21. The summed E-state index contributed by atoms with van der Waals surface area (Å²) in [7, 11) is 0. The number of nitrogens with one attached hydrogen (secondary N) is 1. The molecule has 0 atom stereocenters. The molecule has 3 nitrogen and oxygen atoms in total. The van der Waals surface area contributed by atoms with Crippen molar-refractivity contribution in [1.82, 2.24) is 0 Å². The zero-order valence-electron chi connectivity index (χ0n) is 9.56. The number of rotatable bonds is 4. The third kappa shape index (κ3) is 3.14. The molecule has 0 saturated heterocycles. The molecule has 88 valence electrons. The Hall–Kier alpha value is -2.16. The van der Waals surface area contributed by atoms with Gasteiger partial charge in [-0.1, -0.05) is 24.3 Å². The molecule has 17 heavy (non-hydrogen) atoms. The molecule has 0 unspecified atom stereocenters. The van der Waals surface area contributed by atoms with Gasteiger partial charge in [-0.2, -0.15) is 0 Å². The van der Waals surface area contributed by atoms with Crippen molar-refractivity contribution in [3.05, 3.63) is 54.1 Å². The smallest absolute Gasteiger partial charge is 0.138 e. The summed E-state index contributed by atoms with van der Waals surface area (Å²) in [5.74, 6) is 0.282. The van der Waals surface area contributed by atoms with Crippen LogP contribution < -0.4 is 11.1 Å². The van der Waals surface area contributed by atoms with Gasteiger partial charge >= 0.3 is 0 Å². The van der Waals surface area contributed by atoms with Crippen LogP contribution in [0.15, 0.2) is 48.5 Å². The lowest BCUT2D eigenvalue weighted by Gasteiger charge is -2.08. The molecule has 0 spiro atoms. The van der Waals surface area contributed by atoms with E-state index in [1.165, 1.54) is 5.56 Å². The van der Waals surface area contributed by atoms with E-state index in [2.05, 4.69) is 5.32 Å². The summed E-state index contributed by atoms with van der Waals surface area (Å²) >= 11 is 0. The second kappa shape index (κ2) is 5.25. The van der Waals surface area contributed by atoms with Crippen LogP contribution in [0.2, 0.25) is 0 Å². The van der Waals surface area contributed by atoms with Gasteiger partial charge in [0, 0.05) is 12.2 Å². The van der Waals surface area contributed by atoms with E-state index >= 15 is 0 Å². The highest BCUT2D eigenvalue weighted by atomic mass is 16.3. The minimum Gasteiger partial charge on any atom is -0.506 e. The summed E-state index contributed by atoms with van der Waals surface area (Å²) in [6.45, 7) is 0.779. The van der Waals surface area contributed by atoms with Crippen LogP contribution in [0.4, 0.5) is 11.4 Å². The van der Waals surface area contributed by atoms with Crippen LogP contribution in [-0.4, -0.2) is 11.7 Å². The largest absolute Gasteiger partial charge is 0.506 e. The van der Waals surface area contributed by atoms with Crippen molar-refractivity contribution in [2.75, 3.05) is 17.6 Å². The minimum absolute atomic E-state index is 0.282. The second-order valence-corrected chi connectivity index (χ2v) is 3.94. The number of nitrogens with two attached hydrogens (primary N) is 1. The van der Waals surface area contributed by atoms with Crippen molar-refractivity contribution >= 4 is 11.4 Å². The molecule has 0 aliphatic rings. The van der Waals surface area contributed by atoms with Crippen LogP contribution >= 0.6 is 0 Å². The quantitative estimate of drug-likeness (QED) is 0.557. The summed E-state index contributed by atoms with van der Waals surface area (Å²) in [5.41, 5.74) is 8.39. The zero-order chi connectivity index (χ0) is 12.1. The maximum Gasteiger partial charge on any atom is 0.138 e. The van der Waals surface area contributed by atoms with Crippen molar-refractivity contribution in [3.63, 3.8) is 0 Å². The fourth-order valence-electron chi connectivity index (χ4n) is 1.65. The molecule has 4 N–H and O–H groups in total. The summed E-state index contributed by atoms with van der Waals surface area (Å²) in [6, 6.07) is 15.1. The van der Waals surface area contributed by atoms with Gasteiger partial charge in [0.25, 0.3) is 0 Å². The van der Waals surface area contributed by atoms with Gasteiger partial charge in [-0.15, -0.1) is 0 Å². The number of hydrogen-bond donors (Lipinski definition) is 3. The molecule has 2 rings (SSSR count). The van der Waals surface area contributed by atoms with E-state index in [1.54, 1.807) is 12.1 Å². The maximum absolute atomic E-state index is 9.57. The van der Waals surface area contributed by atoms with E-state index in [1.807, 2.05) is 36.4 Å². The van der Waals surface area contributed by atoms with Crippen molar-refractivity contribution < 1.29 is 5.11 Å². The third-order valence-electron chi connectivity index (χ3n) is 2.61. The molecular weight excluding hydrogens is 212 g/mol. The fourth-order valence-corrected chi connectivity index (χ4v) is 1.65. The maximum atomic E-state index is 9.57. The predicted octanol–water partition coefficient (Wildman–Crippen LogP) is 2.63. The highest BCUT2D eigenvalue weighted by molar-refractivity contribution is 5.55.